The molecule has 0 saturated carbocycles. The van der Waals surface area contributed by atoms with Crippen LogP contribution in [0.1, 0.15) is 12.0 Å². The van der Waals surface area contributed by atoms with Crippen molar-refractivity contribution in [1.82, 2.24) is 0 Å². The zero-order valence-corrected chi connectivity index (χ0v) is 10.9. The second kappa shape index (κ2) is 4.60. The molecule has 1 heterocycles. The molecule has 1 atom stereocenters. The van der Waals surface area contributed by atoms with Gasteiger partial charge in [0.2, 0.25) is 5.91 Å². The number of anilines is 1. The van der Waals surface area contributed by atoms with Gasteiger partial charge in [0.1, 0.15) is 6.23 Å². The van der Waals surface area contributed by atoms with Crippen molar-refractivity contribution in [3.63, 3.8) is 0 Å². The number of nitrogens with zero attached hydrogens (tertiary/aromatic N) is 1. The largest absolute Gasteiger partial charge is 0.375 e. The molecule has 90 valence electrons. The number of carbonyl (C=O) groups is 1. The van der Waals surface area contributed by atoms with Gasteiger partial charge in [0, 0.05) is 17.1 Å². The Morgan fingerprint density at radius 2 is 2.12 bits per heavy atom. The van der Waals surface area contributed by atoms with Crippen molar-refractivity contribution in [3.05, 3.63) is 35.4 Å². The fourth-order valence-corrected chi connectivity index (χ4v) is 2.56. The lowest BCUT2D eigenvalue weighted by Crippen LogP contribution is -2.29. The van der Waals surface area contributed by atoms with Gasteiger partial charge in [-0.2, -0.15) is 0 Å². The molecule has 1 aromatic rings. The van der Waals surface area contributed by atoms with E-state index in [1.54, 1.807) is 11.9 Å². The summed E-state index contributed by atoms with van der Waals surface area (Å²) >= 11 is 3.42. The molecule has 1 aromatic carbocycles. The number of benzene rings is 1. The van der Waals surface area contributed by atoms with E-state index in [4.69, 9.17) is 5.73 Å². The lowest BCUT2D eigenvalue weighted by molar-refractivity contribution is -0.117. The van der Waals surface area contributed by atoms with Gasteiger partial charge >= 0.3 is 0 Å². The lowest BCUT2D eigenvalue weighted by atomic mass is 10.1. The maximum Gasteiger partial charge on any atom is 0.231 e. The lowest BCUT2D eigenvalue weighted by Gasteiger charge is -2.17. The van der Waals surface area contributed by atoms with Crippen LogP contribution < -0.4 is 10.6 Å². The Morgan fingerprint density at radius 3 is 2.76 bits per heavy atom. The van der Waals surface area contributed by atoms with Crippen molar-refractivity contribution in [2.75, 3.05) is 11.9 Å². The summed E-state index contributed by atoms with van der Waals surface area (Å²) in [6.07, 6.45) is -1.02. The number of hydrogen-bond acceptors (Lipinski definition) is 3. The molecule has 2 rings (SSSR count). The maximum absolute atomic E-state index is 11.9. The van der Waals surface area contributed by atoms with Gasteiger partial charge in [-0.3, -0.25) is 4.79 Å². The number of fused-ring (bicyclic) bond motifs is 1. The van der Waals surface area contributed by atoms with E-state index >= 15 is 0 Å². The standard InChI is InChI=1S/C12H13BrN2O2/c1-15-9-5-3-2-4-7(9)11(13)8(12(14)17)6-10(15)16/h2-5,12,17H,6,14H2,1H3. The van der Waals surface area contributed by atoms with Gasteiger partial charge in [-0.1, -0.05) is 18.2 Å². The normalized spacial score (nSPS) is 17.9. The predicted octanol–water partition coefficient (Wildman–Crippen LogP) is 1.44. The van der Waals surface area contributed by atoms with Crippen molar-refractivity contribution in [3.8, 4) is 0 Å². The summed E-state index contributed by atoms with van der Waals surface area (Å²) < 4.78 is 0.695. The molecule has 0 fully saturated rings. The first-order valence-corrected chi connectivity index (χ1v) is 6.00. The molecule has 0 spiro atoms. The summed E-state index contributed by atoms with van der Waals surface area (Å²) in [6.45, 7) is 0. The third kappa shape index (κ3) is 2.13. The molecule has 0 radical (unpaired) electrons. The SMILES string of the molecule is CN1C(=O)CC(C(N)O)=C(Br)c2ccccc21. The second-order valence-corrected chi connectivity index (χ2v) is 4.72. The van der Waals surface area contributed by atoms with Gasteiger partial charge < -0.3 is 15.7 Å². The van der Waals surface area contributed by atoms with Crippen molar-refractivity contribution in [2.24, 2.45) is 5.73 Å². The molecule has 0 saturated heterocycles. The molecule has 1 aliphatic rings. The summed E-state index contributed by atoms with van der Waals surface area (Å²) in [7, 11) is 1.72. The Bertz CT molecular complexity index is 497. The fraction of sp³-hybridized carbons (Fsp3) is 0.250. The number of amides is 1. The highest BCUT2D eigenvalue weighted by Crippen LogP contribution is 2.37. The van der Waals surface area contributed by atoms with Crippen LogP contribution in [0.5, 0.6) is 0 Å². The summed E-state index contributed by atoms with van der Waals surface area (Å²) in [4.78, 5) is 13.5. The Labute approximate surface area is 108 Å². The number of hydrogen-bond donors (Lipinski definition) is 2. The third-order valence-corrected chi connectivity index (χ3v) is 3.79. The van der Waals surface area contributed by atoms with Crippen LogP contribution in [0.2, 0.25) is 0 Å². The molecule has 3 N–H and O–H groups in total. The van der Waals surface area contributed by atoms with Crippen LogP contribution in [0, 0.1) is 0 Å². The minimum Gasteiger partial charge on any atom is -0.375 e. The monoisotopic (exact) mass is 296 g/mol. The van der Waals surface area contributed by atoms with Crippen LogP contribution in [0.25, 0.3) is 4.48 Å². The van der Waals surface area contributed by atoms with Gasteiger partial charge in [-0.25, -0.2) is 0 Å². The smallest absolute Gasteiger partial charge is 0.231 e. The van der Waals surface area contributed by atoms with Gasteiger partial charge in [-0.05, 0) is 27.6 Å². The van der Waals surface area contributed by atoms with E-state index in [-0.39, 0.29) is 12.3 Å². The van der Waals surface area contributed by atoms with Crippen molar-refractivity contribution >= 4 is 32.0 Å². The van der Waals surface area contributed by atoms with Crippen molar-refractivity contribution < 1.29 is 9.90 Å². The second-order valence-electron chi connectivity index (χ2n) is 3.93. The van der Waals surface area contributed by atoms with Crippen molar-refractivity contribution in [2.45, 2.75) is 12.6 Å². The van der Waals surface area contributed by atoms with Gasteiger partial charge in [0.25, 0.3) is 0 Å². The Kier molecular flexibility index (Phi) is 3.33. The molecular formula is C12H13BrN2O2. The molecule has 1 amide bonds. The predicted molar refractivity (Wildman–Crippen MR) is 70.5 cm³/mol. The van der Waals surface area contributed by atoms with Crippen LogP contribution in [-0.4, -0.2) is 24.3 Å². The van der Waals surface area contributed by atoms with Crippen molar-refractivity contribution in [1.29, 1.82) is 0 Å². The number of para-hydroxylation sites is 1. The van der Waals surface area contributed by atoms with Gasteiger partial charge in [0.15, 0.2) is 0 Å². The molecular weight excluding hydrogens is 284 g/mol. The van der Waals surface area contributed by atoms with E-state index in [2.05, 4.69) is 15.9 Å². The first-order chi connectivity index (χ1) is 8.02. The van der Waals surface area contributed by atoms with Gasteiger partial charge in [-0.15, -0.1) is 0 Å². The van der Waals surface area contributed by atoms with E-state index in [1.807, 2.05) is 24.3 Å². The van der Waals surface area contributed by atoms with Crippen LogP contribution >= 0.6 is 15.9 Å². The van der Waals surface area contributed by atoms with Crippen LogP contribution in [0.4, 0.5) is 5.69 Å². The number of aliphatic hydroxyl groups excluding tert-OH is 1. The fourth-order valence-electron chi connectivity index (χ4n) is 1.85. The zero-order chi connectivity index (χ0) is 12.6. The topological polar surface area (TPSA) is 66.6 Å². The number of rotatable bonds is 1. The van der Waals surface area contributed by atoms with E-state index < -0.39 is 6.23 Å². The number of nitrogens with two attached hydrogens (primary N) is 1. The highest BCUT2D eigenvalue weighted by Gasteiger charge is 2.25. The molecule has 1 unspecified atom stereocenters. The Morgan fingerprint density at radius 1 is 1.47 bits per heavy atom. The molecule has 0 bridgehead atoms. The first-order valence-electron chi connectivity index (χ1n) is 5.20. The average molecular weight is 297 g/mol. The Hall–Kier alpha value is -1.17. The van der Waals surface area contributed by atoms with Crippen LogP contribution in [0.15, 0.2) is 29.8 Å². The summed E-state index contributed by atoms with van der Waals surface area (Å²) in [5.74, 6) is -0.0913. The number of halogens is 1. The summed E-state index contributed by atoms with van der Waals surface area (Å²) in [6, 6.07) is 7.49. The zero-order valence-electron chi connectivity index (χ0n) is 9.35. The number of aliphatic hydroxyl groups is 1. The highest BCUT2D eigenvalue weighted by molar-refractivity contribution is 9.15. The number of carbonyl (C=O) groups excluding carboxylic acids is 1. The molecule has 5 heteroatoms. The van der Waals surface area contributed by atoms with Gasteiger partial charge in [0.05, 0.1) is 12.1 Å². The maximum atomic E-state index is 11.9. The minimum absolute atomic E-state index is 0.0913. The third-order valence-electron chi connectivity index (χ3n) is 2.86. The van der Waals surface area contributed by atoms with Crippen LogP contribution in [0.3, 0.4) is 0 Å². The summed E-state index contributed by atoms with van der Waals surface area (Å²) in [5, 5.41) is 9.52. The van der Waals surface area contributed by atoms with E-state index in [1.165, 1.54) is 0 Å². The van der Waals surface area contributed by atoms with E-state index in [0.717, 1.165) is 11.3 Å². The summed E-state index contributed by atoms with van der Waals surface area (Å²) in [5.41, 5.74) is 7.66. The highest BCUT2D eigenvalue weighted by atomic mass is 79.9. The Balaban J connectivity index is 2.65. The van der Waals surface area contributed by atoms with Crippen LogP contribution in [-0.2, 0) is 4.79 Å². The van der Waals surface area contributed by atoms with E-state index in [0.29, 0.717) is 10.1 Å². The van der Waals surface area contributed by atoms with E-state index in [9.17, 15) is 9.90 Å². The minimum atomic E-state index is -1.13. The molecule has 0 aliphatic carbocycles. The molecule has 0 aromatic heterocycles. The average Bonchev–Trinajstić information content (AvgIpc) is 2.41. The molecule has 17 heavy (non-hydrogen) atoms. The first kappa shape index (κ1) is 12.3. The molecule has 1 aliphatic heterocycles. The molecule has 4 nitrogen and oxygen atoms in total. The quantitative estimate of drug-likeness (QED) is 0.771.